The Morgan fingerprint density at radius 2 is 1.71 bits per heavy atom. The van der Waals surface area contributed by atoms with Crippen molar-refractivity contribution in [1.29, 1.82) is 0 Å². The number of nitrogens with zero attached hydrogens (tertiary/aromatic N) is 2. The fraction of sp³-hybridized carbons (Fsp3) is 0.696. The second-order valence-corrected chi connectivity index (χ2v) is 10.5. The Balaban J connectivity index is 1.63. The van der Waals surface area contributed by atoms with Crippen molar-refractivity contribution in [2.45, 2.75) is 86.3 Å². The number of ether oxygens (including phenoxy) is 1. The number of aliphatic hydroxyl groups excluding tert-OH is 4. The second-order valence-electron chi connectivity index (χ2n) is 9.19. The minimum Gasteiger partial charge on any atom is -0.462 e. The van der Waals surface area contributed by atoms with Gasteiger partial charge >= 0.3 is 6.18 Å². The monoisotopic (exact) mass is 504 g/mol. The molecule has 7 atom stereocenters. The number of aryl methyl sites for hydroxylation is 1. The van der Waals surface area contributed by atoms with E-state index in [4.69, 9.17) is 4.74 Å². The van der Waals surface area contributed by atoms with Crippen molar-refractivity contribution in [1.82, 2.24) is 5.01 Å². The first-order valence-corrected chi connectivity index (χ1v) is 12.6. The van der Waals surface area contributed by atoms with E-state index in [0.717, 1.165) is 35.2 Å². The largest absolute Gasteiger partial charge is 0.462 e. The summed E-state index contributed by atoms with van der Waals surface area (Å²) in [5, 5.41) is 44.7. The summed E-state index contributed by atoms with van der Waals surface area (Å²) < 4.78 is 48.8. The summed E-state index contributed by atoms with van der Waals surface area (Å²) in [4.78, 5) is 0. The third kappa shape index (κ3) is 5.04. The lowest BCUT2D eigenvalue weighted by atomic mass is 9.87. The van der Waals surface area contributed by atoms with Crippen molar-refractivity contribution in [2.75, 3.05) is 6.61 Å². The number of aliphatic hydroxyl groups is 4. The minimum absolute atomic E-state index is 0.0400. The van der Waals surface area contributed by atoms with Crippen LogP contribution in [-0.2, 0) is 17.6 Å². The number of rotatable bonds is 6. The van der Waals surface area contributed by atoms with Crippen LogP contribution in [0.2, 0.25) is 0 Å². The van der Waals surface area contributed by atoms with Crippen LogP contribution in [0.5, 0.6) is 0 Å². The number of alkyl halides is 3. The van der Waals surface area contributed by atoms with Crippen molar-refractivity contribution in [3.05, 3.63) is 35.4 Å². The molecular formula is C23H31F3N2O5S. The molecule has 4 rings (SSSR count). The van der Waals surface area contributed by atoms with Crippen LogP contribution in [0.4, 0.5) is 13.2 Å². The average Bonchev–Trinajstić information content (AvgIpc) is 3.10. The van der Waals surface area contributed by atoms with Crippen molar-refractivity contribution in [3.63, 3.8) is 0 Å². The molecule has 1 aliphatic carbocycles. The zero-order chi connectivity index (χ0) is 24.6. The fourth-order valence-corrected chi connectivity index (χ4v) is 5.90. The molecule has 1 saturated carbocycles. The molecule has 2 aliphatic heterocycles. The van der Waals surface area contributed by atoms with Crippen LogP contribution >= 0.6 is 11.8 Å². The van der Waals surface area contributed by atoms with Gasteiger partial charge in [0.05, 0.1) is 23.9 Å². The van der Waals surface area contributed by atoms with Gasteiger partial charge in [0.25, 0.3) is 0 Å². The van der Waals surface area contributed by atoms with Crippen LogP contribution in [0, 0.1) is 5.92 Å². The zero-order valence-corrected chi connectivity index (χ0v) is 19.6. The molecular weight excluding hydrogens is 473 g/mol. The quantitative estimate of drug-likeness (QED) is 0.470. The lowest BCUT2D eigenvalue weighted by molar-refractivity contribution is -0.197. The van der Waals surface area contributed by atoms with Gasteiger partial charge in [-0.3, -0.25) is 5.01 Å². The van der Waals surface area contributed by atoms with Gasteiger partial charge in [0.2, 0.25) is 5.90 Å². The van der Waals surface area contributed by atoms with Crippen LogP contribution in [0.1, 0.15) is 37.3 Å². The van der Waals surface area contributed by atoms with Gasteiger partial charge in [-0.25, -0.2) is 0 Å². The van der Waals surface area contributed by atoms with E-state index in [2.05, 4.69) is 5.10 Å². The predicted octanol–water partition coefficient (Wildman–Crippen LogP) is 2.05. The van der Waals surface area contributed by atoms with E-state index in [9.17, 15) is 33.6 Å². The van der Waals surface area contributed by atoms with Gasteiger partial charge in [0, 0.05) is 6.04 Å². The maximum atomic E-state index is 14.3. The summed E-state index contributed by atoms with van der Waals surface area (Å²) in [7, 11) is 0. The van der Waals surface area contributed by atoms with Crippen molar-refractivity contribution in [2.24, 2.45) is 11.0 Å². The van der Waals surface area contributed by atoms with Gasteiger partial charge in [-0.15, -0.1) is 16.9 Å². The number of thioether (sulfide) groups is 1. The molecule has 0 radical (unpaired) electrons. The first kappa shape index (κ1) is 25.6. The van der Waals surface area contributed by atoms with Crippen molar-refractivity contribution < 1.29 is 38.3 Å². The number of halogens is 3. The Morgan fingerprint density at radius 3 is 2.24 bits per heavy atom. The molecule has 1 aromatic carbocycles. The van der Waals surface area contributed by atoms with Crippen LogP contribution < -0.4 is 0 Å². The lowest BCUT2D eigenvalue weighted by Gasteiger charge is -2.39. The third-order valence-electron chi connectivity index (χ3n) is 6.95. The first-order chi connectivity index (χ1) is 16.1. The SMILES string of the molecule is CCc1ccc(CC2C(O[C@@H]3S[C@H](CO)[C@@H](O)[C@H](O)[C@H]3O)=NN(C3CCC3)C2C(F)(F)F)cc1. The summed E-state index contributed by atoms with van der Waals surface area (Å²) in [6.45, 7) is 1.51. The number of hydrogen-bond acceptors (Lipinski definition) is 8. The molecule has 0 aromatic heterocycles. The Hall–Kier alpha value is -1.53. The Bertz CT molecular complexity index is 865. The van der Waals surface area contributed by atoms with Gasteiger partial charge in [0.15, 0.2) is 11.5 Å². The maximum Gasteiger partial charge on any atom is 0.411 e. The molecule has 7 nitrogen and oxygen atoms in total. The van der Waals surface area contributed by atoms with Crippen molar-refractivity contribution in [3.8, 4) is 0 Å². The zero-order valence-electron chi connectivity index (χ0n) is 18.8. The van der Waals surface area contributed by atoms with Crippen LogP contribution in [0.3, 0.4) is 0 Å². The molecule has 2 fully saturated rings. The van der Waals surface area contributed by atoms with E-state index in [1.807, 2.05) is 31.2 Å². The summed E-state index contributed by atoms with van der Waals surface area (Å²) >= 11 is 0.877. The Kier molecular flexibility index (Phi) is 7.68. The van der Waals surface area contributed by atoms with E-state index in [1.54, 1.807) is 0 Å². The molecule has 4 N–H and O–H groups in total. The molecule has 2 unspecified atom stereocenters. The topological polar surface area (TPSA) is 106 Å². The van der Waals surface area contributed by atoms with Crippen LogP contribution in [0.25, 0.3) is 0 Å². The molecule has 0 bridgehead atoms. The normalized spacial score (nSPS) is 34.6. The molecule has 3 aliphatic rings. The highest BCUT2D eigenvalue weighted by atomic mass is 32.2. The number of hydrogen-bond donors (Lipinski definition) is 4. The first-order valence-electron chi connectivity index (χ1n) is 11.6. The summed E-state index contributed by atoms with van der Waals surface area (Å²) in [5.74, 6) is -1.29. The van der Waals surface area contributed by atoms with Crippen LogP contribution in [-0.4, -0.2) is 85.2 Å². The van der Waals surface area contributed by atoms with Gasteiger partial charge in [-0.1, -0.05) is 31.2 Å². The van der Waals surface area contributed by atoms with E-state index < -0.39 is 53.7 Å². The van der Waals surface area contributed by atoms with Gasteiger partial charge in [-0.2, -0.15) is 13.2 Å². The molecule has 1 saturated heterocycles. The van der Waals surface area contributed by atoms with Gasteiger partial charge in [0.1, 0.15) is 12.2 Å². The number of hydrazone groups is 1. The molecule has 190 valence electrons. The van der Waals surface area contributed by atoms with E-state index >= 15 is 0 Å². The third-order valence-corrected chi connectivity index (χ3v) is 8.37. The van der Waals surface area contributed by atoms with Gasteiger partial charge < -0.3 is 25.2 Å². The second kappa shape index (κ2) is 10.2. The smallest absolute Gasteiger partial charge is 0.411 e. The van der Waals surface area contributed by atoms with Crippen molar-refractivity contribution >= 4 is 17.7 Å². The lowest BCUT2D eigenvalue weighted by Crippen LogP contribution is -2.55. The Morgan fingerprint density at radius 1 is 1.06 bits per heavy atom. The molecule has 2 heterocycles. The standard InChI is InChI=1S/C23H31F3N2O5S/c1-2-12-6-8-13(9-7-12)10-15-20(23(24,25)26)28(14-4-3-5-14)27-21(15)33-22-19(32)18(31)17(30)16(11-29)34-22/h6-9,14-20,22,29-32H,2-5,10-11H2,1H3/t15?,16-,17-,18+,19-,20?,22-/m1/s1. The average molecular weight is 505 g/mol. The minimum atomic E-state index is -4.56. The fourth-order valence-electron chi connectivity index (χ4n) is 4.67. The van der Waals surface area contributed by atoms with E-state index in [-0.39, 0.29) is 18.4 Å². The van der Waals surface area contributed by atoms with Crippen LogP contribution in [0.15, 0.2) is 29.4 Å². The molecule has 34 heavy (non-hydrogen) atoms. The molecule has 0 spiro atoms. The highest BCUT2D eigenvalue weighted by molar-refractivity contribution is 8.00. The van der Waals surface area contributed by atoms with E-state index in [0.29, 0.717) is 18.4 Å². The summed E-state index contributed by atoms with van der Waals surface area (Å²) in [6, 6.07) is 5.19. The highest BCUT2D eigenvalue weighted by Crippen LogP contribution is 2.43. The maximum absolute atomic E-state index is 14.3. The Labute approximate surface area is 200 Å². The predicted molar refractivity (Wildman–Crippen MR) is 121 cm³/mol. The van der Waals surface area contributed by atoms with E-state index in [1.165, 1.54) is 0 Å². The molecule has 11 heteroatoms. The molecule has 0 amide bonds. The number of benzene rings is 1. The molecule has 1 aromatic rings. The summed E-state index contributed by atoms with van der Waals surface area (Å²) in [5.41, 5.74) is 0.603. The highest BCUT2D eigenvalue weighted by Gasteiger charge is 2.57. The van der Waals surface area contributed by atoms with Gasteiger partial charge in [-0.05, 0) is 43.2 Å². The summed E-state index contributed by atoms with van der Waals surface area (Å²) in [6.07, 6.45) is -6.20.